The summed E-state index contributed by atoms with van der Waals surface area (Å²) in [5.74, 6) is 1.40. The second-order valence-corrected chi connectivity index (χ2v) is 9.01. The van der Waals surface area contributed by atoms with Gasteiger partial charge in [0.25, 0.3) is 0 Å². The molecule has 0 amide bonds. The van der Waals surface area contributed by atoms with Crippen molar-refractivity contribution < 1.29 is 9.13 Å². The van der Waals surface area contributed by atoms with Crippen molar-refractivity contribution in [1.82, 2.24) is 9.97 Å². The first-order valence-electron chi connectivity index (χ1n) is 11.0. The Morgan fingerprint density at radius 2 is 1.87 bits per heavy atom. The fourth-order valence-corrected chi connectivity index (χ4v) is 4.58. The molecule has 5 nitrogen and oxygen atoms in total. The zero-order chi connectivity index (χ0) is 20.9. The summed E-state index contributed by atoms with van der Waals surface area (Å²) in [5, 5.41) is 3.77. The van der Waals surface area contributed by atoms with Crippen LogP contribution in [-0.4, -0.2) is 35.8 Å². The summed E-state index contributed by atoms with van der Waals surface area (Å²) in [6.07, 6.45) is 8.88. The number of anilines is 1. The summed E-state index contributed by atoms with van der Waals surface area (Å²) in [7, 11) is 0. The fourth-order valence-electron chi connectivity index (χ4n) is 4.39. The topological polar surface area (TPSA) is 73.1 Å². The van der Waals surface area contributed by atoms with Crippen LogP contribution in [0.3, 0.4) is 0 Å². The first kappa shape index (κ1) is 21.5. The van der Waals surface area contributed by atoms with E-state index in [1.165, 1.54) is 6.07 Å². The minimum absolute atomic E-state index is 0.270. The Morgan fingerprint density at radius 1 is 1.10 bits per heavy atom. The monoisotopic (exact) mass is 432 g/mol. The van der Waals surface area contributed by atoms with Crippen molar-refractivity contribution in [3.05, 3.63) is 40.9 Å². The molecule has 1 saturated carbocycles. The normalized spacial score (nSPS) is 22.8. The predicted octanol–water partition coefficient (Wildman–Crippen LogP) is 4.83. The number of ether oxygens (including phenoxy) is 1. The maximum atomic E-state index is 14.7. The second-order valence-electron chi connectivity index (χ2n) is 8.60. The Balaban J connectivity index is 1.49. The first-order valence-corrected chi connectivity index (χ1v) is 11.3. The summed E-state index contributed by atoms with van der Waals surface area (Å²) in [6, 6.07) is 5.35. The average Bonchev–Trinajstić information content (AvgIpc) is 2.77. The van der Waals surface area contributed by atoms with Crippen LogP contribution in [0.1, 0.15) is 44.2 Å². The Hall–Kier alpha value is -1.76. The van der Waals surface area contributed by atoms with Gasteiger partial charge in [0.15, 0.2) is 0 Å². The number of hydrogen-bond acceptors (Lipinski definition) is 5. The summed E-state index contributed by atoms with van der Waals surface area (Å²) >= 11 is 6.40. The number of nitrogens with one attached hydrogen (secondary N) is 1. The van der Waals surface area contributed by atoms with Crippen LogP contribution in [-0.2, 0) is 11.2 Å². The molecular formula is C23H30ClFN4O. The number of nitrogens with two attached hydrogens (primary N) is 1. The number of halogens is 2. The zero-order valence-electron chi connectivity index (χ0n) is 17.2. The molecule has 1 aliphatic carbocycles. The fraction of sp³-hybridized carbons (Fsp3) is 0.565. The van der Waals surface area contributed by atoms with Crippen molar-refractivity contribution in [3.8, 4) is 11.3 Å². The lowest BCUT2D eigenvalue weighted by Crippen LogP contribution is -2.27. The molecule has 2 aliphatic rings. The smallest absolute Gasteiger partial charge is 0.149 e. The lowest BCUT2D eigenvalue weighted by Gasteiger charge is -2.25. The standard InChI is InChI=1S/C23H30ClFN4O/c24-20-14-27-18(11-15-1-3-17(26)4-2-15)12-19(20)23-21(25)5-6-22(29-23)28-13-16-7-9-30-10-8-16/h5-6,12,14-17H,1-4,7-11,13,26H2,(H,28,29). The van der Waals surface area contributed by atoms with Gasteiger partial charge in [0.05, 0.1) is 5.02 Å². The highest BCUT2D eigenvalue weighted by Crippen LogP contribution is 2.32. The minimum Gasteiger partial charge on any atom is -0.381 e. The van der Waals surface area contributed by atoms with Gasteiger partial charge in [0, 0.05) is 43.3 Å². The van der Waals surface area contributed by atoms with E-state index >= 15 is 0 Å². The van der Waals surface area contributed by atoms with Crippen molar-refractivity contribution >= 4 is 17.4 Å². The molecular weight excluding hydrogens is 403 g/mol. The van der Waals surface area contributed by atoms with Crippen LogP contribution in [0.5, 0.6) is 0 Å². The van der Waals surface area contributed by atoms with Crippen LogP contribution in [0.4, 0.5) is 10.2 Å². The van der Waals surface area contributed by atoms with Crippen LogP contribution in [0.15, 0.2) is 24.4 Å². The first-order chi connectivity index (χ1) is 14.6. The highest BCUT2D eigenvalue weighted by Gasteiger charge is 2.21. The van der Waals surface area contributed by atoms with E-state index in [9.17, 15) is 4.39 Å². The number of aromatic nitrogens is 2. The molecule has 0 radical (unpaired) electrons. The van der Waals surface area contributed by atoms with Gasteiger partial charge in [0.1, 0.15) is 17.3 Å². The highest BCUT2D eigenvalue weighted by atomic mass is 35.5. The van der Waals surface area contributed by atoms with E-state index in [0.29, 0.717) is 34.3 Å². The molecule has 30 heavy (non-hydrogen) atoms. The Morgan fingerprint density at radius 3 is 2.63 bits per heavy atom. The number of nitrogens with zero attached hydrogens (tertiary/aromatic N) is 2. The van der Waals surface area contributed by atoms with Crippen LogP contribution in [0.25, 0.3) is 11.3 Å². The maximum absolute atomic E-state index is 14.7. The number of pyridine rings is 2. The molecule has 3 N–H and O–H groups in total. The number of rotatable bonds is 6. The minimum atomic E-state index is -0.380. The molecule has 2 fully saturated rings. The van der Waals surface area contributed by atoms with Gasteiger partial charge in [-0.3, -0.25) is 4.98 Å². The maximum Gasteiger partial charge on any atom is 0.149 e. The van der Waals surface area contributed by atoms with Gasteiger partial charge in [-0.05, 0) is 75.0 Å². The van der Waals surface area contributed by atoms with Crippen molar-refractivity contribution in [2.45, 2.75) is 51.0 Å². The molecule has 7 heteroatoms. The quantitative estimate of drug-likeness (QED) is 0.683. The van der Waals surface area contributed by atoms with Gasteiger partial charge in [-0.25, -0.2) is 9.37 Å². The van der Waals surface area contributed by atoms with Crippen molar-refractivity contribution in [2.75, 3.05) is 25.1 Å². The third kappa shape index (κ3) is 5.48. The van der Waals surface area contributed by atoms with E-state index in [-0.39, 0.29) is 11.5 Å². The second kappa shape index (κ2) is 10.0. The van der Waals surface area contributed by atoms with Crippen LogP contribution < -0.4 is 11.1 Å². The molecule has 0 aromatic carbocycles. The van der Waals surface area contributed by atoms with Crippen molar-refractivity contribution in [2.24, 2.45) is 17.6 Å². The van der Waals surface area contributed by atoms with E-state index in [4.69, 9.17) is 22.1 Å². The van der Waals surface area contributed by atoms with Gasteiger partial charge < -0.3 is 15.8 Å². The third-order valence-electron chi connectivity index (χ3n) is 6.32. The summed E-state index contributed by atoms with van der Waals surface area (Å²) in [4.78, 5) is 9.03. The Bertz CT molecular complexity index is 851. The van der Waals surface area contributed by atoms with E-state index in [2.05, 4.69) is 15.3 Å². The Labute approximate surface area is 182 Å². The lowest BCUT2D eigenvalue weighted by atomic mass is 9.83. The van der Waals surface area contributed by atoms with Gasteiger partial charge >= 0.3 is 0 Å². The molecule has 0 unspecified atom stereocenters. The predicted molar refractivity (Wildman–Crippen MR) is 118 cm³/mol. The van der Waals surface area contributed by atoms with E-state index in [1.54, 1.807) is 12.3 Å². The largest absolute Gasteiger partial charge is 0.381 e. The molecule has 1 aliphatic heterocycles. The molecule has 0 spiro atoms. The number of hydrogen-bond donors (Lipinski definition) is 2. The molecule has 0 bridgehead atoms. The molecule has 162 valence electrons. The highest BCUT2D eigenvalue weighted by molar-refractivity contribution is 6.33. The van der Waals surface area contributed by atoms with Crippen molar-refractivity contribution in [1.29, 1.82) is 0 Å². The van der Waals surface area contributed by atoms with Gasteiger partial charge in [-0.15, -0.1) is 0 Å². The molecule has 1 saturated heterocycles. The third-order valence-corrected chi connectivity index (χ3v) is 6.62. The molecule has 4 rings (SSSR count). The van der Waals surface area contributed by atoms with Gasteiger partial charge in [-0.2, -0.15) is 0 Å². The zero-order valence-corrected chi connectivity index (χ0v) is 18.0. The van der Waals surface area contributed by atoms with E-state index in [0.717, 1.165) is 70.4 Å². The molecule has 2 aromatic heterocycles. The van der Waals surface area contributed by atoms with E-state index in [1.807, 2.05) is 6.07 Å². The Kier molecular flexibility index (Phi) is 7.18. The molecule has 2 aromatic rings. The van der Waals surface area contributed by atoms with Gasteiger partial charge in [0.2, 0.25) is 0 Å². The SMILES string of the molecule is NC1CCC(Cc2cc(-c3nc(NCC4CCOCC4)ccc3F)c(Cl)cn2)CC1. The van der Waals surface area contributed by atoms with E-state index < -0.39 is 0 Å². The van der Waals surface area contributed by atoms with Crippen molar-refractivity contribution in [3.63, 3.8) is 0 Å². The van der Waals surface area contributed by atoms with Crippen LogP contribution in [0, 0.1) is 17.7 Å². The van der Waals surface area contributed by atoms with Gasteiger partial charge in [-0.1, -0.05) is 11.6 Å². The summed E-state index contributed by atoms with van der Waals surface area (Å²) in [5.41, 5.74) is 7.81. The average molecular weight is 433 g/mol. The molecule has 3 heterocycles. The van der Waals surface area contributed by atoms with Crippen LogP contribution >= 0.6 is 11.6 Å². The lowest BCUT2D eigenvalue weighted by molar-refractivity contribution is 0.0699. The van der Waals surface area contributed by atoms with Crippen LogP contribution in [0.2, 0.25) is 5.02 Å². The summed E-state index contributed by atoms with van der Waals surface area (Å²) in [6.45, 7) is 2.41. The molecule has 0 atom stereocenters. The summed E-state index contributed by atoms with van der Waals surface area (Å²) < 4.78 is 20.1.